The lowest BCUT2D eigenvalue weighted by molar-refractivity contribution is -0.136. The number of anilines is 1. The standard InChI is InChI=1S/C24H32N2O3S.ClH/c1-17-6-10-20(11-7-17)29-21-12-8-18(9-13-21)22-16-30-24(25-22)26(15-14-23(27)28)19-4-2-3-5-19;/h8-9,12-13,16-17,19-20H,2-7,10-11,14-15H2,1H3,(H,27,28);1H. The van der Waals surface area contributed by atoms with E-state index in [1.54, 1.807) is 11.3 Å². The Labute approximate surface area is 195 Å². The number of carboxylic acids is 1. The van der Waals surface area contributed by atoms with Crippen molar-refractivity contribution in [1.29, 1.82) is 0 Å². The number of hydrogen-bond donors (Lipinski definition) is 1. The Morgan fingerprint density at radius 1 is 1.13 bits per heavy atom. The zero-order valence-corrected chi connectivity index (χ0v) is 19.8. The van der Waals surface area contributed by atoms with Crippen LogP contribution in [0.3, 0.4) is 0 Å². The Morgan fingerprint density at radius 3 is 2.45 bits per heavy atom. The lowest BCUT2D eigenvalue weighted by Gasteiger charge is -2.28. The van der Waals surface area contributed by atoms with Crippen molar-refractivity contribution in [3.05, 3.63) is 29.6 Å². The van der Waals surface area contributed by atoms with Crippen LogP contribution in [0.5, 0.6) is 5.75 Å². The third-order valence-corrected chi connectivity index (χ3v) is 7.36. The van der Waals surface area contributed by atoms with Crippen LogP contribution in [-0.2, 0) is 4.79 Å². The predicted molar refractivity (Wildman–Crippen MR) is 129 cm³/mol. The van der Waals surface area contributed by atoms with E-state index in [0.717, 1.165) is 53.7 Å². The molecule has 2 saturated carbocycles. The first-order valence-electron chi connectivity index (χ1n) is 11.3. The van der Waals surface area contributed by atoms with Crippen LogP contribution in [0.2, 0.25) is 0 Å². The van der Waals surface area contributed by atoms with Gasteiger partial charge in [0.15, 0.2) is 5.13 Å². The first-order valence-corrected chi connectivity index (χ1v) is 12.2. The molecule has 2 aliphatic rings. The van der Waals surface area contributed by atoms with Crippen molar-refractivity contribution in [1.82, 2.24) is 4.98 Å². The molecule has 2 aliphatic carbocycles. The van der Waals surface area contributed by atoms with E-state index in [0.29, 0.717) is 18.7 Å². The van der Waals surface area contributed by atoms with Crippen LogP contribution in [0.1, 0.15) is 64.7 Å². The highest BCUT2D eigenvalue weighted by atomic mass is 35.5. The van der Waals surface area contributed by atoms with E-state index in [1.165, 1.54) is 25.7 Å². The number of rotatable bonds is 8. The van der Waals surface area contributed by atoms with Gasteiger partial charge in [0.1, 0.15) is 5.75 Å². The van der Waals surface area contributed by atoms with Gasteiger partial charge in [-0.05, 0) is 68.7 Å². The molecule has 7 heteroatoms. The molecule has 0 saturated heterocycles. The number of carbonyl (C=O) groups is 1. The van der Waals surface area contributed by atoms with Crippen molar-refractivity contribution >= 4 is 34.8 Å². The fourth-order valence-corrected chi connectivity index (χ4v) is 5.57. The molecule has 1 heterocycles. The van der Waals surface area contributed by atoms with Gasteiger partial charge in [-0.1, -0.05) is 19.8 Å². The fraction of sp³-hybridized carbons (Fsp3) is 0.583. The van der Waals surface area contributed by atoms with E-state index < -0.39 is 5.97 Å². The maximum Gasteiger partial charge on any atom is 0.305 e. The Bertz CT molecular complexity index is 828. The van der Waals surface area contributed by atoms with Gasteiger partial charge in [-0.3, -0.25) is 4.79 Å². The Morgan fingerprint density at radius 2 is 1.81 bits per heavy atom. The van der Waals surface area contributed by atoms with Crippen molar-refractivity contribution in [3.63, 3.8) is 0 Å². The van der Waals surface area contributed by atoms with Gasteiger partial charge in [0.25, 0.3) is 0 Å². The van der Waals surface area contributed by atoms with E-state index in [1.807, 2.05) is 12.1 Å². The van der Waals surface area contributed by atoms with Gasteiger partial charge in [0.05, 0.1) is 18.2 Å². The number of ether oxygens (including phenoxy) is 1. The minimum absolute atomic E-state index is 0. The van der Waals surface area contributed by atoms with Crippen LogP contribution in [0, 0.1) is 5.92 Å². The second-order valence-corrected chi connectivity index (χ2v) is 9.65. The molecule has 0 spiro atoms. The molecule has 170 valence electrons. The van der Waals surface area contributed by atoms with E-state index in [9.17, 15) is 4.79 Å². The molecule has 0 amide bonds. The molecular formula is C24H33ClN2O3S. The molecule has 0 atom stereocenters. The number of benzene rings is 1. The molecule has 0 bridgehead atoms. The van der Waals surface area contributed by atoms with Gasteiger partial charge in [0, 0.05) is 23.5 Å². The Balaban J connectivity index is 0.00000272. The van der Waals surface area contributed by atoms with Crippen LogP contribution in [0.25, 0.3) is 11.3 Å². The maximum atomic E-state index is 11.1. The second-order valence-electron chi connectivity index (χ2n) is 8.81. The molecule has 2 aromatic rings. The highest BCUT2D eigenvalue weighted by molar-refractivity contribution is 7.14. The maximum absolute atomic E-state index is 11.1. The van der Waals surface area contributed by atoms with Crippen LogP contribution >= 0.6 is 23.7 Å². The number of thiazole rings is 1. The molecular weight excluding hydrogens is 432 g/mol. The zero-order valence-electron chi connectivity index (χ0n) is 18.2. The molecule has 0 aliphatic heterocycles. The summed E-state index contributed by atoms with van der Waals surface area (Å²) in [5.74, 6) is 1.01. The number of aliphatic carboxylic acids is 1. The normalized spacial score (nSPS) is 21.5. The number of carboxylic acid groups (broad SMARTS) is 1. The van der Waals surface area contributed by atoms with Crippen LogP contribution in [-0.4, -0.2) is 34.8 Å². The lowest BCUT2D eigenvalue weighted by Crippen LogP contribution is -2.35. The Kier molecular flexibility index (Phi) is 8.61. The van der Waals surface area contributed by atoms with Crippen molar-refractivity contribution in [2.75, 3.05) is 11.4 Å². The van der Waals surface area contributed by atoms with Gasteiger partial charge in [-0.2, -0.15) is 0 Å². The van der Waals surface area contributed by atoms with Crippen molar-refractivity contribution in [2.24, 2.45) is 5.92 Å². The van der Waals surface area contributed by atoms with Gasteiger partial charge in [-0.25, -0.2) is 4.98 Å². The van der Waals surface area contributed by atoms with Crippen molar-refractivity contribution < 1.29 is 14.6 Å². The summed E-state index contributed by atoms with van der Waals surface area (Å²) in [5, 5.41) is 12.2. The summed E-state index contributed by atoms with van der Waals surface area (Å²) >= 11 is 1.61. The molecule has 1 N–H and O–H groups in total. The summed E-state index contributed by atoms with van der Waals surface area (Å²) in [6.45, 7) is 2.85. The third-order valence-electron chi connectivity index (χ3n) is 6.49. The minimum atomic E-state index is -0.752. The second kappa shape index (κ2) is 11.2. The first kappa shape index (κ1) is 23.9. The van der Waals surface area contributed by atoms with Gasteiger partial charge in [-0.15, -0.1) is 23.7 Å². The van der Waals surface area contributed by atoms with E-state index in [2.05, 4.69) is 29.3 Å². The van der Waals surface area contributed by atoms with Gasteiger partial charge >= 0.3 is 5.97 Å². The summed E-state index contributed by atoms with van der Waals surface area (Å²) in [7, 11) is 0. The fourth-order valence-electron chi connectivity index (χ4n) is 4.64. The zero-order chi connectivity index (χ0) is 20.9. The highest BCUT2D eigenvalue weighted by Crippen LogP contribution is 2.34. The van der Waals surface area contributed by atoms with Crippen LogP contribution in [0.4, 0.5) is 5.13 Å². The molecule has 4 rings (SSSR count). The molecule has 1 aromatic heterocycles. The molecule has 31 heavy (non-hydrogen) atoms. The number of hydrogen-bond acceptors (Lipinski definition) is 5. The van der Waals surface area contributed by atoms with Gasteiger partial charge < -0.3 is 14.7 Å². The van der Waals surface area contributed by atoms with Crippen LogP contribution in [0.15, 0.2) is 29.6 Å². The SMILES string of the molecule is CC1CCC(Oc2ccc(-c3csc(N(CCC(=O)O)C4CCCC4)n3)cc2)CC1.Cl. The summed E-state index contributed by atoms with van der Waals surface area (Å²) in [6, 6.07) is 8.67. The summed E-state index contributed by atoms with van der Waals surface area (Å²) < 4.78 is 6.18. The first-order chi connectivity index (χ1) is 14.6. The Hall–Kier alpha value is -1.79. The largest absolute Gasteiger partial charge is 0.490 e. The van der Waals surface area contributed by atoms with E-state index in [4.69, 9.17) is 14.8 Å². The number of nitrogens with zero attached hydrogens (tertiary/aromatic N) is 2. The topological polar surface area (TPSA) is 62.7 Å². The van der Waals surface area contributed by atoms with Crippen molar-refractivity contribution in [2.45, 2.75) is 76.9 Å². The lowest BCUT2D eigenvalue weighted by atomic mass is 9.89. The molecule has 5 nitrogen and oxygen atoms in total. The number of halogens is 1. The van der Waals surface area contributed by atoms with Crippen LogP contribution < -0.4 is 9.64 Å². The van der Waals surface area contributed by atoms with E-state index >= 15 is 0 Å². The highest BCUT2D eigenvalue weighted by Gasteiger charge is 2.25. The quantitative estimate of drug-likeness (QED) is 0.488. The summed E-state index contributed by atoms with van der Waals surface area (Å²) in [6.07, 6.45) is 9.97. The molecule has 0 radical (unpaired) electrons. The number of aromatic nitrogens is 1. The molecule has 2 fully saturated rings. The van der Waals surface area contributed by atoms with Gasteiger partial charge in [0.2, 0.25) is 0 Å². The molecule has 0 unspecified atom stereocenters. The summed E-state index contributed by atoms with van der Waals surface area (Å²) in [4.78, 5) is 18.2. The summed E-state index contributed by atoms with van der Waals surface area (Å²) in [5.41, 5.74) is 2.03. The average molecular weight is 465 g/mol. The monoisotopic (exact) mass is 464 g/mol. The van der Waals surface area contributed by atoms with Crippen molar-refractivity contribution in [3.8, 4) is 17.0 Å². The smallest absolute Gasteiger partial charge is 0.305 e. The third kappa shape index (κ3) is 6.36. The average Bonchev–Trinajstić information content (AvgIpc) is 3.43. The minimum Gasteiger partial charge on any atom is -0.490 e. The molecule has 1 aromatic carbocycles. The van der Waals surface area contributed by atoms with E-state index in [-0.39, 0.29) is 18.8 Å². The predicted octanol–water partition coefficient (Wildman–Crippen LogP) is 6.41.